The van der Waals surface area contributed by atoms with Crippen LogP contribution in [0.3, 0.4) is 0 Å². The number of carboxylic acids is 1. The molecule has 1 aromatic heterocycles. The smallest absolute Gasteiger partial charge is 0.357 e. The normalized spacial score (nSPS) is 22.9. The summed E-state index contributed by atoms with van der Waals surface area (Å²) in [5, 5.41) is 8.75. The highest BCUT2D eigenvalue weighted by molar-refractivity contribution is 5.84. The number of carbonyl (C=O) groups is 1. The number of rotatable bonds is 3. The molecule has 1 spiro atoms. The quantitative estimate of drug-likeness (QED) is 0.831. The second-order valence-corrected chi connectivity index (χ2v) is 4.50. The number of aromatic carboxylic acids is 1. The summed E-state index contributed by atoms with van der Waals surface area (Å²) in [6.07, 6.45) is 1.98. The summed E-state index contributed by atoms with van der Waals surface area (Å²) in [5.74, 6) is -1.14. The number of hydrogen-bond donors (Lipinski definition) is 1. The summed E-state index contributed by atoms with van der Waals surface area (Å²) < 4.78 is 16.3. The molecule has 3 heterocycles. The zero-order valence-corrected chi connectivity index (χ0v) is 9.79. The lowest BCUT2D eigenvalue weighted by molar-refractivity contribution is -0.145. The molecule has 1 aromatic rings. The van der Waals surface area contributed by atoms with E-state index in [1.165, 1.54) is 0 Å². The molecule has 3 rings (SSSR count). The van der Waals surface area contributed by atoms with Crippen molar-refractivity contribution < 1.29 is 23.8 Å². The van der Waals surface area contributed by atoms with Gasteiger partial charge in [-0.1, -0.05) is 0 Å². The van der Waals surface area contributed by atoms with Crippen LogP contribution in [0.5, 0.6) is 0 Å². The van der Waals surface area contributed by atoms with Crippen LogP contribution in [0.2, 0.25) is 0 Å². The SMILES string of the molecule is O=C(O)c1coc(CN2CCC3(C2)OCCO3)n1. The zero-order chi connectivity index (χ0) is 12.6. The summed E-state index contributed by atoms with van der Waals surface area (Å²) in [6, 6.07) is 0. The van der Waals surface area contributed by atoms with Crippen molar-refractivity contribution >= 4 is 5.97 Å². The lowest BCUT2D eigenvalue weighted by Gasteiger charge is -2.21. The Morgan fingerprint density at radius 1 is 1.50 bits per heavy atom. The van der Waals surface area contributed by atoms with Crippen molar-refractivity contribution in [2.45, 2.75) is 18.8 Å². The molecule has 7 nitrogen and oxygen atoms in total. The Morgan fingerprint density at radius 2 is 2.28 bits per heavy atom. The third-order valence-electron chi connectivity index (χ3n) is 3.22. The second kappa shape index (κ2) is 4.34. The van der Waals surface area contributed by atoms with Gasteiger partial charge in [0.1, 0.15) is 6.26 Å². The minimum Gasteiger partial charge on any atom is -0.476 e. The molecule has 2 fully saturated rings. The number of hydrogen-bond acceptors (Lipinski definition) is 6. The van der Waals surface area contributed by atoms with E-state index in [1.807, 2.05) is 0 Å². The van der Waals surface area contributed by atoms with Crippen molar-refractivity contribution in [2.75, 3.05) is 26.3 Å². The van der Waals surface area contributed by atoms with Gasteiger partial charge in [-0.15, -0.1) is 0 Å². The van der Waals surface area contributed by atoms with E-state index in [1.54, 1.807) is 0 Å². The average molecular weight is 254 g/mol. The first-order chi connectivity index (χ1) is 8.67. The van der Waals surface area contributed by atoms with Gasteiger partial charge in [-0.3, -0.25) is 4.90 Å². The molecule has 2 aliphatic heterocycles. The molecule has 0 amide bonds. The lowest BCUT2D eigenvalue weighted by Crippen LogP contribution is -2.34. The standard InChI is InChI=1S/C11H14N2O5/c14-10(15)8-6-16-9(12-8)5-13-2-1-11(7-13)17-3-4-18-11/h6H,1-5,7H2,(H,14,15). The average Bonchev–Trinajstić information content (AvgIpc) is 3.03. The fourth-order valence-electron chi connectivity index (χ4n) is 2.37. The van der Waals surface area contributed by atoms with Crippen LogP contribution in [0, 0.1) is 0 Å². The minimum atomic E-state index is -1.08. The zero-order valence-electron chi connectivity index (χ0n) is 9.79. The van der Waals surface area contributed by atoms with E-state index in [0.717, 1.165) is 19.2 Å². The highest BCUT2D eigenvalue weighted by atomic mass is 16.7. The molecule has 0 bridgehead atoms. The number of oxazole rings is 1. The van der Waals surface area contributed by atoms with E-state index in [0.29, 0.717) is 32.2 Å². The van der Waals surface area contributed by atoms with Crippen LogP contribution >= 0.6 is 0 Å². The summed E-state index contributed by atoms with van der Waals surface area (Å²) in [5.41, 5.74) is -0.0627. The van der Waals surface area contributed by atoms with Crippen molar-refractivity contribution in [3.05, 3.63) is 17.8 Å². The van der Waals surface area contributed by atoms with E-state index in [9.17, 15) is 4.79 Å². The molecular weight excluding hydrogens is 240 g/mol. The van der Waals surface area contributed by atoms with Crippen molar-refractivity contribution in [3.8, 4) is 0 Å². The first-order valence-electron chi connectivity index (χ1n) is 5.85. The third-order valence-corrected chi connectivity index (χ3v) is 3.22. The fraction of sp³-hybridized carbons (Fsp3) is 0.636. The largest absolute Gasteiger partial charge is 0.476 e. The van der Waals surface area contributed by atoms with Gasteiger partial charge in [0.25, 0.3) is 0 Å². The molecule has 0 aromatic carbocycles. The molecule has 0 unspecified atom stereocenters. The number of ether oxygens (including phenoxy) is 2. The molecule has 0 radical (unpaired) electrons. The van der Waals surface area contributed by atoms with Crippen molar-refractivity contribution in [1.82, 2.24) is 9.88 Å². The van der Waals surface area contributed by atoms with Crippen molar-refractivity contribution in [1.29, 1.82) is 0 Å². The first-order valence-corrected chi connectivity index (χ1v) is 5.85. The summed E-state index contributed by atoms with van der Waals surface area (Å²) in [4.78, 5) is 16.7. The molecule has 2 aliphatic rings. The van der Waals surface area contributed by atoms with E-state index in [2.05, 4.69) is 9.88 Å². The number of nitrogens with zero attached hydrogens (tertiary/aromatic N) is 2. The Kier molecular flexibility index (Phi) is 2.81. The highest BCUT2D eigenvalue weighted by Gasteiger charge is 2.43. The predicted octanol–water partition coefficient (Wildman–Crippen LogP) is 0.322. The van der Waals surface area contributed by atoms with Gasteiger partial charge in [0.05, 0.1) is 26.3 Å². The minimum absolute atomic E-state index is 0.0627. The first kappa shape index (κ1) is 11.6. The molecule has 0 atom stereocenters. The van der Waals surface area contributed by atoms with Gasteiger partial charge >= 0.3 is 5.97 Å². The Balaban J connectivity index is 1.61. The Bertz CT molecular complexity index is 452. The third kappa shape index (κ3) is 2.12. The number of carboxylic acid groups (broad SMARTS) is 1. The van der Waals surface area contributed by atoms with E-state index < -0.39 is 11.8 Å². The van der Waals surface area contributed by atoms with Gasteiger partial charge in [0.15, 0.2) is 11.5 Å². The topological polar surface area (TPSA) is 85.0 Å². The van der Waals surface area contributed by atoms with Crippen LogP contribution in [0.4, 0.5) is 0 Å². The molecule has 0 saturated carbocycles. The molecule has 1 N–H and O–H groups in total. The Hall–Kier alpha value is -1.44. The highest BCUT2D eigenvalue weighted by Crippen LogP contribution is 2.31. The van der Waals surface area contributed by atoms with Crippen LogP contribution < -0.4 is 0 Å². The maximum Gasteiger partial charge on any atom is 0.357 e. The van der Waals surface area contributed by atoms with E-state index >= 15 is 0 Å². The second-order valence-electron chi connectivity index (χ2n) is 4.50. The molecule has 7 heteroatoms. The van der Waals surface area contributed by atoms with Gasteiger partial charge in [-0.2, -0.15) is 0 Å². The number of aromatic nitrogens is 1. The van der Waals surface area contributed by atoms with Gasteiger partial charge in [0.2, 0.25) is 5.89 Å². The predicted molar refractivity (Wildman–Crippen MR) is 58.0 cm³/mol. The van der Waals surface area contributed by atoms with Crippen LogP contribution in [0.25, 0.3) is 0 Å². The molecule has 2 saturated heterocycles. The van der Waals surface area contributed by atoms with Gasteiger partial charge in [0, 0.05) is 13.0 Å². The van der Waals surface area contributed by atoms with Gasteiger partial charge in [-0.05, 0) is 0 Å². The van der Waals surface area contributed by atoms with E-state index in [4.69, 9.17) is 19.0 Å². The van der Waals surface area contributed by atoms with Crippen LogP contribution in [-0.2, 0) is 16.0 Å². The molecule has 0 aliphatic carbocycles. The monoisotopic (exact) mass is 254 g/mol. The molecule has 18 heavy (non-hydrogen) atoms. The Morgan fingerprint density at radius 3 is 2.94 bits per heavy atom. The Labute approximate surface area is 103 Å². The van der Waals surface area contributed by atoms with Crippen LogP contribution in [0.15, 0.2) is 10.7 Å². The van der Waals surface area contributed by atoms with Crippen LogP contribution in [-0.4, -0.2) is 53.1 Å². The van der Waals surface area contributed by atoms with Crippen molar-refractivity contribution in [2.24, 2.45) is 0 Å². The van der Waals surface area contributed by atoms with Gasteiger partial charge < -0.3 is 19.0 Å². The van der Waals surface area contributed by atoms with Crippen LogP contribution in [0.1, 0.15) is 22.8 Å². The van der Waals surface area contributed by atoms with E-state index in [-0.39, 0.29) is 5.69 Å². The number of likely N-dealkylation sites (tertiary alicyclic amines) is 1. The molecular formula is C11H14N2O5. The fourth-order valence-corrected chi connectivity index (χ4v) is 2.37. The summed E-state index contributed by atoms with van der Waals surface area (Å²) in [6.45, 7) is 3.23. The maximum atomic E-state index is 10.7. The van der Waals surface area contributed by atoms with Crippen molar-refractivity contribution in [3.63, 3.8) is 0 Å². The van der Waals surface area contributed by atoms with Gasteiger partial charge in [-0.25, -0.2) is 9.78 Å². The molecule has 98 valence electrons. The summed E-state index contributed by atoms with van der Waals surface area (Å²) >= 11 is 0. The maximum absolute atomic E-state index is 10.7. The summed E-state index contributed by atoms with van der Waals surface area (Å²) in [7, 11) is 0. The lowest BCUT2D eigenvalue weighted by atomic mass is 10.2.